The number of carbonyl (C=O) groups is 1. The first kappa shape index (κ1) is 14.1. The molecule has 0 heterocycles. The van der Waals surface area contributed by atoms with Gasteiger partial charge in [0.1, 0.15) is 17.3 Å². The average Bonchev–Trinajstić information content (AvgIpc) is 2.46. The molecule has 0 unspecified atom stereocenters. The zero-order valence-corrected chi connectivity index (χ0v) is 11.1. The molecule has 0 fully saturated rings. The molecule has 0 bridgehead atoms. The lowest BCUT2D eigenvalue weighted by Crippen LogP contribution is -2.11. The average molecular weight is 274 g/mol. The van der Waals surface area contributed by atoms with Crippen LogP contribution in [0.3, 0.4) is 0 Å². The monoisotopic (exact) mass is 274 g/mol. The lowest BCUT2D eigenvalue weighted by Gasteiger charge is -2.06. The number of halogens is 1. The summed E-state index contributed by atoms with van der Waals surface area (Å²) < 4.78 is 23.5. The van der Waals surface area contributed by atoms with Crippen LogP contribution >= 0.6 is 0 Å². The van der Waals surface area contributed by atoms with Crippen LogP contribution in [0.5, 0.6) is 11.5 Å². The van der Waals surface area contributed by atoms with Crippen molar-refractivity contribution in [2.24, 2.45) is 0 Å². The van der Waals surface area contributed by atoms with E-state index in [1.807, 2.05) is 6.92 Å². The van der Waals surface area contributed by atoms with E-state index in [1.54, 1.807) is 30.3 Å². The molecule has 104 valence electrons. The Morgan fingerprint density at radius 3 is 2.45 bits per heavy atom. The highest BCUT2D eigenvalue weighted by atomic mass is 19.1. The molecular weight excluding hydrogens is 259 g/mol. The maximum Gasteiger partial charge on any atom is 0.200 e. The summed E-state index contributed by atoms with van der Waals surface area (Å²) in [6.45, 7) is 2.35. The second-order valence-electron chi connectivity index (χ2n) is 4.13. The fourth-order valence-electron chi connectivity index (χ4n) is 1.69. The van der Waals surface area contributed by atoms with Crippen molar-refractivity contribution in [3.63, 3.8) is 0 Å². The Morgan fingerprint density at radius 2 is 1.80 bits per heavy atom. The smallest absolute Gasteiger partial charge is 0.200 e. The fraction of sp³-hybridized carbons (Fsp3) is 0.188. The predicted octanol–water partition coefficient (Wildman–Crippen LogP) is 3.49. The summed E-state index contributed by atoms with van der Waals surface area (Å²) in [5.74, 6) is 0.493. The number of benzene rings is 2. The lowest BCUT2D eigenvalue weighted by molar-refractivity contribution is 0.0921. The first-order valence-corrected chi connectivity index (χ1v) is 6.33. The van der Waals surface area contributed by atoms with Gasteiger partial charge in [0, 0.05) is 11.6 Å². The van der Waals surface area contributed by atoms with E-state index in [0.29, 0.717) is 17.9 Å². The summed E-state index contributed by atoms with van der Waals surface area (Å²) in [5.41, 5.74) is 0.532. The molecule has 0 aromatic heterocycles. The number of carbonyl (C=O) groups excluding carboxylic acids is 1. The number of hydrogen-bond acceptors (Lipinski definition) is 3. The quantitative estimate of drug-likeness (QED) is 0.756. The summed E-state index contributed by atoms with van der Waals surface area (Å²) in [7, 11) is 0. The van der Waals surface area contributed by atoms with Gasteiger partial charge in [0.2, 0.25) is 0 Å². The van der Waals surface area contributed by atoms with Crippen LogP contribution in [0.25, 0.3) is 0 Å². The number of Topliss-reactive ketones (excluding diaryl/α,β-unsaturated/α-hetero) is 1. The van der Waals surface area contributed by atoms with Crippen LogP contribution in [-0.4, -0.2) is 19.0 Å². The minimum absolute atomic E-state index is 0.128. The number of hydrogen-bond donors (Lipinski definition) is 0. The summed E-state index contributed by atoms with van der Waals surface area (Å²) in [4.78, 5) is 11.9. The third kappa shape index (κ3) is 3.82. The van der Waals surface area contributed by atoms with E-state index in [9.17, 15) is 9.18 Å². The maximum atomic E-state index is 13.0. The largest absolute Gasteiger partial charge is 0.494 e. The van der Waals surface area contributed by atoms with Crippen LogP contribution in [-0.2, 0) is 0 Å². The van der Waals surface area contributed by atoms with Gasteiger partial charge in [-0.25, -0.2) is 4.39 Å². The van der Waals surface area contributed by atoms with E-state index in [-0.39, 0.29) is 12.4 Å². The molecule has 0 aliphatic heterocycles. The van der Waals surface area contributed by atoms with Gasteiger partial charge in [-0.15, -0.1) is 0 Å². The molecule has 0 saturated heterocycles. The molecule has 0 aliphatic rings. The molecule has 20 heavy (non-hydrogen) atoms. The van der Waals surface area contributed by atoms with Gasteiger partial charge in [-0.3, -0.25) is 4.79 Å². The predicted molar refractivity (Wildman–Crippen MR) is 73.8 cm³/mol. The van der Waals surface area contributed by atoms with Crippen LogP contribution in [0.15, 0.2) is 48.5 Å². The van der Waals surface area contributed by atoms with E-state index >= 15 is 0 Å². The number of ketones is 1. The second kappa shape index (κ2) is 6.70. The third-order valence-electron chi connectivity index (χ3n) is 2.65. The highest BCUT2D eigenvalue weighted by Gasteiger charge is 2.07. The highest BCUT2D eigenvalue weighted by molar-refractivity contribution is 5.97. The Balaban J connectivity index is 1.94. The van der Waals surface area contributed by atoms with E-state index in [4.69, 9.17) is 9.47 Å². The van der Waals surface area contributed by atoms with Crippen molar-refractivity contribution in [2.45, 2.75) is 6.92 Å². The Labute approximate surface area is 117 Å². The van der Waals surface area contributed by atoms with Gasteiger partial charge in [0.15, 0.2) is 12.4 Å². The summed E-state index contributed by atoms with van der Waals surface area (Å²) in [6.07, 6.45) is 0. The Morgan fingerprint density at radius 1 is 1.05 bits per heavy atom. The topological polar surface area (TPSA) is 35.5 Å². The molecule has 2 aromatic carbocycles. The molecule has 2 rings (SSSR count). The van der Waals surface area contributed by atoms with Crippen molar-refractivity contribution < 1.29 is 18.7 Å². The normalized spacial score (nSPS) is 10.1. The van der Waals surface area contributed by atoms with Crippen LogP contribution in [0.1, 0.15) is 17.3 Å². The first-order valence-electron chi connectivity index (χ1n) is 6.33. The second-order valence-corrected chi connectivity index (χ2v) is 4.13. The summed E-state index contributed by atoms with van der Waals surface area (Å²) in [6, 6.07) is 12.5. The molecule has 0 aliphatic carbocycles. The van der Waals surface area contributed by atoms with E-state index in [2.05, 4.69) is 0 Å². The van der Waals surface area contributed by atoms with Gasteiger partial charge in [0.05, 0.1) is 6.61 Å². The van der Waals surface area contributed by atoms with Crippen LogP contribution in [0.2, 0.25) is 0 Å². The van der Waals surface area contributed by atoms with Crippen molar-refractivity contribution in [3.05, 3.63) is 59.9 Å². The fourth-order valence-corrected chi connectivity index (χ4v) is 1.69. The van der Waals surface area contributed by atoms with E-state index in [1.165, 1.54) is 18.2 Å². The zero-order valence-electron chi connectivity index (χ0n) is 11.1. The van der Waals surface area contributed by atoms with Crippen molar-refractivity contribution >= 4 is 5.78 Å². The van der Waals surface area contributed by atoms with E-state index in [0.717, 1.165) is 5.75 Å². The van der Waals surface area contributed by atoms with Gasteiger partial charge in [-0.1, -0.05) is 6.07 Å². The van der Waals surface area contributed by atoms with Crippen molar-refractivity contribution in [2.75, 3.05) is 13.2 Å². The van der Waals surface area contributed by atoms with Gasteiger partial charge < -0.3 is 9.47 Å². The van der Waals surface area contributed by atoms with Crippen LogP contribution in [0.4, 0.5) is 4.39 Å². The van der Waals surface area contributed by atoms with Crippen LogP contribution < -0.4 is 9.47 Å². The summed E-state index contributed by atoms with van der Waals surface area (Å²) in [5, 5.41) is 0. The van der Waals surface area contributed by atoms with Crippen molar-refractivity contribution in [3.8, 4) is 11.5 Å². The van der Waals surface area contributed by atoms with Gasteiger partial charge in [-0.2, -0.15) is 0 Å². The van der Waals surface area contributed by atoms with Crippen molar-refractivity contribution in [1.29, 1.82) is 0 Å². The minimum atomic E-state index is -0.393. The first-order chi connectivity index (χ1) is 9.69. The molecular formula is C16H15FO3. The molecule has 0 saturated carbocycles. The van der Waals surface area contributed by atoms with Gasteiger partial charge in [0.25, 0.3) is 0 Å². The SMILES string of the molecule is CCOc1ccc(C(=O)COc2cccc(F)c2)cc1. The number of rotatable bonds is 6. The standard InChI is InChI=1S/C16H15FO3/c1-2-19-14-8-6-12(7-9-14)16(18)11-20-15-5-3-4-13(17)10-15/h3-10H,2,11H2,1H3. The molecule has 4 heteroatoms. The highest BCUT2D eigenvalue weighted by Crippen LogP contribution is 2.15. The Hall–Kier alpha value is -2.36. The molecule has 0 atom stereocenters. The molecule has 2 aromatic rings. The molecule has 0 spiro atoms. The maximum absolute atomic E-state index is 13.0. The molecule has 0 amide bonds. The van der Waals surface area contributed by atoms with Crippen LogP contribution in [0, 0.1) is 5.82 Å². The zero-order chi connectivity index (χ0) is 14.4. The minimum Gasteiger partial charge on any atom is -0.494 e. The van der Waals surface area contributed by atoms with Crippen molar-refractivity contribution in [1.82, 2.24) is 0 Å². The Kier molecular flexibility index (Phi) is 4.71. The van der Waals surface area contributed by atoms with Gasteiger partial charge in [-0.05, 0) is 43.3 Å². The third-order valence-corrected chi connectivity index (χ3v) is 2.65. The molecule has 0 radical (unpaired) electrons. The van der Waals surface area contributed by atoms with Gasteiger partial charge >= 0.3 is 0 Å². The molecule has 3 nitrogen and oxygen atoms in total. The number of ether oxygens (including phenoxy) is 2. The lowest BCUT2D eigenvalue weighted by atomic mass is 10.1. The summed E-state index contributed by atoms with van der Waals surface area (Å²) >= 11 is 0. The molecule has 0 N–H and O–H groups in total. The van der Waals surface area contributed by atoms with E-state index < -0.39 is 5.82 Å². The Bertz CT molecular complexity index is 579.